The summed E-state index contributed by atoms with van der Waals surface area (Å²) in [5.74, 6) is 0.370. The Bertz CT molecular complexity index is 123. The summed E-state index contributed by atoms with van der Waals surface area (Å²) < 4.78 is 5.03. The second kappa shape index (κ2) is 4.52. The molecule has 0 aromatic rings. The number of hydrogen-bond donors (Lipinski definition) is 1. The van der Waals surface area contributed by atoms with Crippen molar-refractivity contribution in [2.24, 2.45) is 5.92 Å². The summed E-state index contributed by atoms with van der Waals surface area (Å²) in [7, 11) is 0. The molecule has 0 radical (unpaired) electrons. The zero-order valence-corrected chi connectivity index (χ0v) is 6.83. The molecule has 64 valence electrons. The van der Waals surface area contributed by atoms with Crippen molar-refractivity contribution in [3.8, 4) is 0 Å². The van der Waals surface area contributed by atoms with Crippen LogP contribution in [0.1, 0.15) is 25.7 Å². The van der Waals surface area contributed by atoms with Gasteiger partial charge in [0.2, 0.25) is 0 Å². The van der Waals surface area contributed by atoms with E-state index >= 15 is 0 Å². The van der Waals surface area contributed by atoms with E-state index in [1.807, 2.05) is 6.08 Å². The highest BCUT2D eigenvalue weighted by molar-refractivity contribution is 4.71. The van der Waals surface area contributed by atoms with Crippen molar-refractivity contribution in [2.45, 2.75) is 32.0 Å². The van der Waals surface area contributed by atoms with Crippen LogP contribution in [-0.4, -0.2) is 18.0 Å². The summed E-state index contributed by atoms with van der Waals surface area (Å²) in [6.45, 7) is 4.37. The van der Waals surface area contributed by atoms with E-state index in [-0.39, 0.29) is 0 Å². The van der Waals surface area contributed by atoms with Crippen LogP contribution in [0.4, 0.5) is 0 Å². The van der Waals surface area contributed by atoms with Crippen LogP contribution in [0.2, 0.25) is 0 Å². The van der Waals surface area contributed by atoms with Crippen LogP contribution < -0.4 is 0 Å². The summed E-state index contributed by atoms with van der Waals surface area (Å²) in [6.07, 6.45) is 5.66. The van der Waals surface area contributed by atoms with E-state index in [0.29, 0.717) is 5.92 Å². The lowest BCUT2D eigenvalue weighted by atomic mass is 10.0. The number of aliphatic hydroxyl groups excluding tert-OH is 1. The number of aliphatic hydroxyl groups is 1. The van der Waals surface area contributed by atoms with Gasteiger partial charge < -0.3 is 9.84 Å². The maximum Gasteiger partial charge on any atom is 0.157 e. The standard InChI is InChI=1S/C9H16O2/c1-2-3-4-5-8-6-7-11-9(8)10/h2,8-10H,1,3-7H2/t8?,9-/m1/s1. The first kappa shape index (κ1) is 8.75. The van der Waals surface area contributed by atoms with E-state index in [0.717, 1.165) is 32.3 Å². The molecule has 1 saturated heterocycles. The predicted molar refractivity (Wildman–Crippen MR) is 44.1 cm³/mol. The number of rotatable bonds is 4. The van der Waals surface area contributed by atoms with Gasteiger partial charge in [-0.05, 0) is 25.7 Å². The van der Waals surface area contributed by atoms with Crippen LogP contribution in [0.5, 0.6) is 0 Å². The Morgan fingerprint density at radius 3 is 3.00 bits per heavy atom. The molecule has 2 atom stereocenters. The molecule has 11 heavy (non-hydrogen) atoms. The third kappa shape index (κ3) is 2.64. The molecule has 2 heteroatoms. The summed E-state index contributed by atoms with van der Waals surface area (Å²) in [5.41, 5.74) is 0. The molecule has 0 aliphatic carbocycles. The van der Waals surface area contributed by atoms with Crippen molar-refractivity contribution in [1.29, 1.82) is 0 Å². The van der Waals surface area contributed by atoms with Crippen molar-refractivity contribution in [3.63, 3.8) is 0 Å². The molecule has 1 aliphatic heterocycles. The van der Waals surface area contributed by atoms with Crippen molar-refractivity contribution in [1.82, 2.24) is 0 Å². The zero-order chi connectivity index (χ0) is 8.10. The monoisotopic (exact) mass is 156 g/mol. The quantitative estimate of drug-likeness (QED) is 0.496. The molecule has 1 N–H and O–H groups in total. The molecule has 0 saturated carbocycles. The molecule has 2 nitrogen and oxygen atoms in total. The Balaban J connectivity index is 2.10. The minimum absolute atomic E-state index is 0.370. The van der Waals surface area contributed by atoms with Gasteiger partial charge in [0.1, 0.15) is 0 Å². The second-order valence-corrected chi connectivity index (χ2v) is 3.03. The van der Waals surface area contributed by atoms with Crippen LogP contribution in [0.15, 0.2) is 12.7 Å². The van der Waals surface area contributed by atoms with Crippen LogP contribution >= 0.6 is 0 Å². The van der Waals surface area contributed by atoms with Crippen molar-refractivity contribution in [3.05, 3.63) is 12.7 Å². The molecule has 0 aromatic heterocycles. The van der Waals surface area contributed by atoms with E-state index in [9.17, 15) is 5.11 Å². The molecule has 0 spiro atoms. The first-order chi connectivity index (χ1) is 5.34. The van der Waals surface area contributed by atoms with Gasteiger partial charge in [-0.1, -0.05) is 6.08 Å². The lowest BCUT2D eigenvalue weighted by Crippen LogP contribution is -2.14. The molecule has 0 bridgehead atoms. The molecule has 1 unspecified atom stereocenters. The minimum Gasteiger partial charge on any atom is -0.368 e. The Kier molecular flexibility index (Phi) is 3.60. The third-order valence-corrected chi connectivity index (χ3v) is 2.16. The Morgan fingerprint density at radius 1 is 1.64 bits per heavy atom. The molecule has 1 fully saturated rings. The number of unbranched alkanes of at least 4 members (excludes halogenated alkanes) is 1. The smallest absolute Gasteiger partial charge is 0.157 e. The highest BCUT2D eigenvalue weighted by Gasteiger charge is 2.24. The number of ether oxygens (including phenoxy) is 1. The van der Waals surface area contributed by atoms with Gasteiger partial charge in [0.25, 0.3) is 0 Å². The molecule has 0 amide bonds. The molecular weight excluding hydrogens is 140 g/mol. The van der Waals surface area contributed by atoms with Gasteiger partial charge in [-0.3, -0.25) is 0 Å². The Labute approximate surface area is 67.9 Å². The van der Waals surface area contributed by atoms with E-state index in [1.54, 1.807) is 0 Å². The molecule has 1 rings (SSSR count). The largest absolute Gasteiger partial charge is 0.368 e. The fraction of sp³-hybridized carbons (Fsp3) is 0.778. The van der Waals surface area contributed by atoms with Crippen LogP contribution in [0.25, 0.3) is 0 Å². The van der Waals surface area contributed by atoms with Crippen LogP contribution in [0, 0.1) is 5.92 Å². The predicted octanol–water partition coefficient (Wildman–Crippen LogP) is 1.70. The van der Waals surface area contributed by atoms with E-state index in [4.69, 9.17) is 4.74 Å². The highest BCUT2D eigenvalue weighted by Crippen LogP contribution is 2.23. The normalized spacial score (nSPS) is 30.6. The first-order valence-corrected chi connectivity index (χ1v) is 4.25. The van der Waals surface area contributed by atoms with Gasteiger partial charge >= 0.3 is 0 Å². The summed E-state index contributed by atoms with van der Waals surface area (Å²) in [5, 5.41) is 9.24. The number of hydrogen-bond acceptors (Lipinski definition) is 2. The molecule has 1 heterocycles. The average molecular weight is 156 g/mol. The van der Waals surface area contributed by atoms with Gasteiger partial charge in [-0.2, -0.15) is 0 Å². The van der Waals surface area contributed by atoms with E-state index < -0.39 is 6.29 Å². The van der Waals surface area contributed by atoms with Crippen LogP contribution in [-0.2, 0) is 4.74 Å². The highest BCUT2D eigenvalue weighted by atomic mass is 16.6. The van der Waals surface area contributed by atoms with E-state index in [2.05, 4.69) is 6.58 Å². The Hall–Kier alpha value is -0.340. The van der Waals surface area contributed by atoms with Crippen molar-refractivity contribution in [2.75, 3.05) is 6.61 Å². The lowest BCUT2D eigenvalue weighted by Gasteiger charge is -2.11. The zero-order valence-electron chi connectivity index (χ0n) is 6.83. The van der Waals surface area contributed by atoms with E-state index in [1.165, 1.54) is 0 Å². The molecule has 1 aliphatic rings. The Morgan fingerprint density at radius 2 is 2.45 bits per heavy atom. The molecule has 0 aromatic carbocycles. The number of allylic oxidation sites excluding steroid dienone is 1. The SMILES string of the molecule is C=CCCCC1CCO[C@H]1O. The van der Waals surface area contributed by atoms with Gasteiger partial charge in [-0.25, -0.2) is 0 Å². The van der Waals surface area contributed by atoms with Gasteiger partial charge in [0.05, 0.1) is 6.61 Å². The van der Waals surface area contributed by atoms with Crippen molar-refractivity contribution >= 4 is 0 Å². The summed E-state index contributed by atoms with van der Waals surface area (Å²) in [4.78, 5) is 0. The maximum absolute atomic E-state index is 9.24. The van der Waals surface area contributed by atoms with Gasteiger partial charge in [-0.15, -0.1) is 6.58 Å². The van der Waals surface area contributed by atoms with Crippen LogP contribution in [0.3, 0.4) is 0 Å². The average Bonchev–Trinajstić information content (AvgIpc) is 2.37. The maximum atomic E-state index is 9.24. The summed E-state index contributed by atoms with van der Waals surface area (Å²) in [6, 6.07) is 0. The lowest BCUT2D eigenvalue weighted by molar-refractivity contribution is -0.0835. The van der Waals surface area contributed by atoms with Gasteiger partial charge in [0, 0.05) is 5.92 Å². The first-order valence-electron chi connectivity index (χ1n) is 4.25. The molecular formula is C9H16O2. The fourth-order valence-electron chi connectivity index (χ4n) is 1.43. The topological polar surface area (TPSA) is 29.5 Å². The van der Waals surface area contributed by atoms with Crippen molar-refractivity contribution < 1.29 is 9.84 Å². The fourth-order valence-corrected chi connectivity index (χ4v) is 1.43. The second-order valence-electron chi connectivity index (χ2n) is 3.03. The third-order valence-electron chi connectivity index (χ3n) is 2.16. The van der Waals surface area contributed by atoms with Gasteiger partial charge in [0.15, 0.2) is 6.29 Å². The minimum atomic E-state index is -0.500. The summed E-state index contributed by atoms with van der Waals surface area (Å²) >= 11 is 0.